The Hall–Kier alpha value is -2.93. The number of hydrogen-bond donors (Lipinski definition) is 2. The standard InChI is InChI=1S/C18H18N4O2S.C11H24/c1-12-4-3-5-13(8-12)15-11-25-18(20-15)21-16(23)9-19-17(24)14-6-7-22(2)10-14;1-5-10(3)8-7-9-11(4)6-2/h3-8,10-11H,9H2,1-2H3,(H,19,24)(H,20,21,23);10-11H,5-9H2,1-4H3. The van der Waals surface area contributed by atoms with Crippen LogP contribution in [0.15, 0.2) is 48.1 Å². The van der Waals surface area contributed by atoms with Crippen LogP contribution in [0.5, 0.6) is 0 Å². The molecule has 3 rings (SSSR count). The topological polar surface area (TPSA) is 76.0 Å². The third kappa shape index (κ3) is 10.4. The van der Waals surface area contributed by atoms with Crippen LogP contribution < -0.4 is 10.6 Å². The van der Waals surface area contributed by atoms with Gasteiger partial charge in [-0.2, -0.15) is 0 Å². The molecule has 0 aliphatic heterocycles. The lowest BCUT2D eigenvalue weighted by Gasteiger charge is -2.10. The number of thiazole rings is 1. The predicted octanol–water partition coefficient (Wildman–Crippen LogP) is 7.07. The fraction of sp³-hybridized carbons (Fsp3) is 0.483. The molecule has 36 heavy (non-hydrogen) atoms. The molecule has 0 radical (unpaired) electrons. The second-order valence-corrected chi connectivity index (χ2v) is 10.5. The summed E-state index contributed by atoms with van der Waals surface area (Å²) in [5, 5.41) is 7.70. The zero-order valence-electron chi connectivity index (χ0n) is 22.6. The van der Waals surface area contributed by atoms with E-state index in [2.05, 4.69) is 43.3 Å². The first-order chi connectivity index (χ1) is 17.2. The van der Waals surface area contributed by atoms with Crippen LogP contribution in [0.25, 0.3) is 11.3 Å². The third-order valence-corrected chi connectivity index (χ3v) is 7.11. The number of aromatic nitrogens is 2. The summed E-state index contributed by atoms with van der Waals surface area (Å²) in [6.45, 7) is 11.2. The molecule has 0 fully saturated rings. The van der Waals surface area contributed by atoms with E-state index in [0.29, 0.717) is 10.7 Å². The molecule has 2 heterocycles. The molecule has 196 valence electrons. The van der Waals surface area contributed by atoms with Crippen molar-refractivity contribution in [3.05, 3.63) is 59.2 Å². The predicted molar refractivity (Wildman–Crippen MR) is 151 cm³/mol. The van der Waals surface area contributed by atoms with E-state index in [9.17, 15) is 9.59 Å². The molecule has 2 unspecified atom stereocenters. The monoisotopic (exact) mass is 510 g/mol. The second-order valence-electron chi connectivity index (χ2n) is 9.66. The Balaban J connectivity index is 0.000000352. The summed E-state index contributed by atoms with van der Waals surface area (Å²) in [6, 6.07) is 9.71. The molecule has 0 aliphatic carbocycles. The lowest BCUT2D eigenvalue weighted by atomic mass is 9.96. The normalized spacial score (nSPS) is 12.3. The third-order valence-electron chi connectivity index (χ3n) is 6.36. The average Bonchev–Trinajstić information content (AvgIpc) is 3.51. The van der Waals surface area contributed by atoms with Crippen molar-refractivity contribution < 1.29 is 9.59 Å². The molecule has 2 amide bonds. The maximum Gasteiger partial charge on any atom is 0.253 e. The Morgan fingerprint density at radius 1 is 1.08 bits per heavy atom. The molecule has 2 aromatic heterocycles. The SMILES string of the molecule is CCC(C)CCCC(C)CC.Cc1cccc(-c2csc(NC(=O)CNC(=O)c3ccn(C)c3)n2)c1. The summed E-state index contributed by atoms with van der Waals surface area (Å²) in [4.78, 5) is 28.3. The minimum absolute atomic E-state index is 0.104. The first-order valence-corrected chi connectivity index (χ1v) is 13.8. The van der Waals surface area contributed by atoms with Gasteiger partial charge in [0.05, 0.1) is 17.8 Å². The van der Waals surface area contributed by atoms with E-state index in [1.807, 2.05) is 43.6 Å². The number of benzene rings is 1. The molecule has 2 atom stereocenters. The fourth-order valence-electron chi connectivity index (χ4n) is 3.55. The number of amides is 2. The molecule has 2 N–H and O–H groups in total. The van der Waals surface area contributed by atoms with Gasteiger partial charge in [-0.15, -0.1) is 11.3 Å². The van der Waals surface area contributed by atoms with Gasteiger partial charge in [-0.25, -0.2) is 4.98 Å². The van der Waals surface area contributed by atoms with Gasteiger partial charge in [0.25, 0.3) is 5.91 Å². The van der Waals surface area contributed by atoms with Gasteiger partial charge in [0.15, 0.2) is 5.13 Å². The van der Waals surface area contributed by atoms with E-state index in [1.165, 1.54) is 43.4 Å². The van der Waals surface area contributed by atoms with Gasteiger partial charge < -0.3 is 15.2 Å². The van der Waals surface area contributed by atoms with Gasteiger partial charge in [0, 0.05) is 30.4 Å². The summed E-state index contributed by atoms with van der Waals surface area (Å²) in [5.74, 6) is 1.29. The zero-order valence-corrected chi connectivity index (χ0v) is 23.5. The van der Waals surface area contributed by atoms with Gasteiger partial charge >= 0.3 is 0 Å². The van der Waals surface area contributed by atoms with E-state index in [1.54, 1.807) is 23.0 Å². The summed E-state index contributed by atoms with van der Waals surface area (Å²) >= 11 is 1.35. The Labute approximate surface area is 220 Å². The molecule has 0 aliphatic rings. The van der Waals surface area contributed by atoms with E-state index in [0.717, 1.165) is 28.7 Å². The van der Waals surface area contributed by atoms with Crippen LogP contribution >= 0.6 is 11.3 Å². The average molecular weight is 511 g/mol. The highest BCUT2D eigenvalue weighted by Crippen LogP contribution is 2.25. The number of nitrogens with zero attached hydrogens (tertiary/aromatic N) is 2. The quantitative estimate of drug-likeness (QED) is 0.289. The smallest absolute Gasteiger partial charge is 0.253 e. The van der Waals surface area contributed by atoms with Crippen molar-refractivity contribution in [2.24, 2.45) is 18.9 Å². The first-order valence-electron chi connectivity index (χ1n) is 12.9. The van der Waals surface area contributed by atoms with Crippen LogP contribution in [0.3, 0.4) is 0 Å². The molecule has 0 saturated heterocycles. The van der Waals surface area contributed by atoms with Crippen LogP contribution in [0, 0.1) is 18.8 Å². The number of carbonyl (C=O) groups excluding carboxylic acids is 2. The van der Waals surface area contributed by atoms with Gasteiger partial charge in [0.1, 0.15) is 0 Å². The first kappa shape index (κ1) is 29.3. The van der Waals surface area contributed by atoms with Crippen LogP contribution in [-0.4, -0.2) is 27.9 Å². The maximum atomic E-state index is 12.0. The minimum atomic E-state index is -0.311. The van der Waals surface area contributed by atoms with E-state index in [-0.39, 0.29) is 18.4 Å². The molecular weight excluding hydrogens is 468 g/mol. The van der Waals surface area contributed by atoms with Crippen molar-refractivity contribution in [1.82, 2.24) is 14.9 Å². The van der Waals surface area contributed by atoms with Crippen molar-refractivity contribution in [3.8, 4) is 11.3 Å². The molecule has 1 aromatic carbocycles. The number of rotatable bonds is 11. The van der Waals surface area contributed by atoms with Crippen molar-refractivity contribution in [1.29, 1.82) is 0 Å². The highest BCUT2D eigenvalue weighted by atomic mass is 32.1. The van der Waals surface area contributed by atoms with Crippen molar-refractivity contribution in [3.63, 3.8) is 0 Å². The van der Waals surface area contributed by atoms with Crippen LogP contribution in [0.2, 0.25) is 0 Å². The van der Waals surface area contributed by atoms with E-state index in [4.69, 9.17) is 0 Å². The van der Waals surface area contributed by atoms with Gasteiger partial charge in [-0.1, -0.05) is 83.6 Å². The zero-order chi connectivity index (χ0) is 26.5. The number of hydrogen-bond acceptors (Lipinski definition) is 4. The number of nitrogens with one attached hydrogen (secondary N) is 2. The highest BCUT2D eigenvalue weighted by molar-refractivity contribution is 7.14. The Bertz CT molecular complexity index is 1080. The number of anilines is 1. The Kier molecular flexibility index (Phi) is 12.4. The maximum absolute atomic E-state index is 12.0. The summed E-state index contributed by atoms with van der Waals surface area (Å²) < 4.78 is 1.78. The molecule has 0 saturated carbocycles. The van der Waals surface area contributed by atoms with Crippen LogP contribution in [0.4, 0.5) is 5.13 Å². The van der Waals surface area contributed by atoms with Gasteiger partial charge in [-0.3, -0.25) is 9.59 Å². The highest BCUT2D eigenvalue weighted by Gasteiger charge is 2.11. The summed E-state index contributed by atoms with van der Waals surface area (Å²) in [6.07, 6.45) is 10.5. The summed E-state index contributed by atoms with van der Waals surface area (Å²) in [5.41, 5.74) is 3.50. The summed E-state index contributed by atoms with van der Waals surface area (Å²) in [7, 11) is 1.83. The lowest BCUT2D eigenvalue weighted by Crippen LogP contribution is -2.32. The lowest BCUT2D eigenvalue weighted by molar-refractivity contribution is -0.115. The van der Waals surface area contributed by atoms with Crippen molar-refractivity contribution >= 4 is 28.3 Å². The van der Waals surface area contributed by atoms with Gasteiger partial charge in [0.2, 0.25) is 5.91 Å². The molecule has 0 bridgehead atoms. The molecule has 3 aromatic rings. The van der Waals surface area contributed by atoms with E-state index >= 15 is 0 Å². The largest absolute Gasteiger partial charge is 0.356 e. The number of aryl methyl sites for hydroxylation is 2. The van der Waals surface area contributed by atoms with Gasteiger partial charge in [-0.05, 0) is 30.9 Å². The Morgan fingerprint density at radius 2 is 1.78 bits per heavy atom. The van der Waals surface area contributed by atoms with Crippen LogP contribution in [0.1, 0.15) is 75.7 Å². The Morgan fingerprint density at radius 3 is 2.36 bits per heavy atom. The van der Waals surface area contributed by atoms with Crippen molar-refractivity contribution in [2.45, 2.75) is 66.7 Å². The van der Waals surface area contributed by atoms with Crippen molar-refractivity contribution in [2.75, 3.05) is 11.9 Å². The number of carbonyl (C=O) groups is 2. The fourth-order valence-corrected chi connectivity index (χ4v) is 4.29. The molecular formula is C29H42N4O2S. The minimum Gasteiger partial charge on any atom is -0.356 e. The van der Waals surface area contributed by atoms with Crippen LogP contribution in [-0.2, 0) is 11.8 Å². The second kappa shape index (κ2) is 15.2. The molecule has 6 nitrogen and oxygen atoms in total. The van der Waals surface area contributed by atoms with E-state index < -0.39 is 0 Å². The molecule has 0 spiro atoms. The molecule has 7 heteroatoms.